The van der Waals surface area contributed by atoms with Crippen LogP contribution in [0.5, 0.6) is 11.5 Å². The minimum Gasteiger partial charge on any atom is -0.497 e. The lowest BCUT2D eigenvalue weighted by Gasteiger charge is -2.10. The number of aryl methyl sites for hydroxylation is 2. The van der Waals surface area contributed by atoms with E-state index in [9.17, 15) is 4.79 Å². The van der Waals surface area contributed by atoms with E-state index in [2.05, 4.69) is 41.1 Å². The van der Waals surface area contributed by atoms with Crippen molar-refractivity contribution in [2.45, 2.75) is 20.5 Å². The smallest absolute Gasteiger partial charge is 0.307 e. The quantitative estimate of drug-likeness (QED) is 0.252. The minimum absolute atomic E-state index is 0.161. The highest BCUT2D eigenvalue weighted by Crippen LogP contribution is 2.21. The van der Waals surface area contributed by atoms with E-state index >= 15 is 0 Å². The Morgan fingerprint density at radius 2 is 1.63 bits per heavy atom. The molecular weight excluding hydrogens is 442 g/mol. The van der Waals surface area contributed by atoms with Gasteiger partial charge in [-0.05, 0) is 86.2 Å². The molecule has 0 atom stereocenters. The van der Waals surface area contributed by atoms with E-state index in [1.165, 1.54) is 17.6 Å². The van der Waals surface area contributed by atoms with Gasteiger partial charge in [0.2, 0.25) is 0 Å². The normalized spacial score (nSPS) is 11.3. The number of carbonyl (C=O) groups excluding carboxylic acids is 1. The molecule has 4 aromatic rings. The zero-order chi connectivity index (χ0) is 24.6. The van der Waals surface area contributed by atoms with E-state index in [4.69, 9.17) is 13.9 Å². The number of benzene rings is 2. The van der Waals surface area contributed by atoms with Crippen LogP contribution in [0.25, 0.3) is 11.8 Å². The van der Waals surface area contributed by atoms with Crippen LogP contribution < -0.4 is 14.9 Å². The van der Waals surface area contributed by atoms with E-state index in [0.29, 0.717) is 11.5 Å². The lowest BCUT2D eigenvalue weighted by atomic mass is 10.2. The number of carbonyl (C=O) groups is 1. The van der Waals surface area contributed by atoms with E-state index in [1.54, 1.807) is 25.3 Å². The average Bonchev–Trinajstić information content (AvgIpc) is 3.49. The summed E-state index contributed by atoms with van der Waals surface area (Å²) in [5.74, 6) is 1.77. The summed E-state index contributed by atoms with van der Waals surface area (Å²) < 4.78 is 18.7. The molecule has 0 radical (unpaired) electrons. The standard InChI is InChI=1S/C28H27N3O4/c1-20-6-7-21(2)31(20)23-10-14-25(15-11-23)34-19-26-16-17-27(35-26)28(32)30-29-18-4-5-22-8-12-24(33-3)13-9-22/h4-18H,19H2,1-3H3,(H,30,32). The molecule has 178 valence electrons. The van der Waals surface area contributed by atoms with Crippen LogP contribution >= 0.6 is 0 Å². The summed E-state index contributed by atoms with van der Waals surface area (Å²) in [5, 5.41) is 3.91. The van der Waals surface area contributed by atoms with Gasteiger partial charge >= 0.3 is 5.91 Å². The number of amides is 1. The molecule has 0 unspecified atom stereocenters. The van der Waals surface area contributed by atoms with E-state index in [0.717, 1.165) is 17.0 Å². The van der Waals surface area contributed by atoms with Gasteiger partial charge in [0.05, 0.1) is 7.11 Å². The van der Waals surface area contributed by atoms with Crippen LogP contribution in [0.1, 0.15) is 33.3 Å². The topological polar surface area (TPSA) is 78.0 Å². The highest BCUT2D eigenvalue weighted by Gasteiger charge is 2.11. The first-order chi connectivity index (χ1) is 17.0. The molecule has 1 amide bonds. The Bertz CT molecular complexity index is 1310. The molecule has 0 fully saturated rings. The molecule has 4 rings (SSSR count). The number of nitrogens with zero attached hydrogens (tertiary/aromatic N) is 2. The lowest BCUT2D eigenvalue weighted by Crippen LogP contribution is -2.16. The lowest BCUT2D eigenvalue weighted by molar-refractivity contribution is 0.0923. The van der Waals surface area contributed by atoms with Gasteiger partial charge in [0.25, 0.3) is 0 Å². The van der Waals surface area contributed by atoms with Crippen molar-refractivity contribution in [2.75, 3.05) is 7.11 Å². The van der Waals surface area contributed by atoms with Crippen molar-refractivity contribution in [3.63, 3.8) is 0 Å². The van der Waals surface area contributed by atoms with Crippen LogP contribution in [-0.2, 0) is 6.61 Å². The molecule has 1 N–H and O–H groups in total. The van der Waals surface area contributed by atoms with Gasteiger partial charge in [0.1, 0.15) is 23.9 Å². The molecule has 0 saturated heterocycles. The average molecular weight is 470 g/mol. The van der Waals surface area contributed by atoms with Gasteiger partial charge < -0.3 is 18.5 Å². The molecule has 0 aliphatic carbocycles. The molecule has 7 nitrogen and oxygen atoms in total. The third-order valence-corrected chi connectivity index (χ3v) is 5.36. The first-order valence-corrected chi connectivity index (χ1v) is 11.1. The largest absolute Gasteiger partial charge is 0.497 e. The van der Waals surface area contributed by atoms with Gasteiger partial charge in [-0.25, -0.2) is 5.43 Å². The fraction of sp³-hybridized carbons (Fsp3) is 0.143. The fourth-order valence-corrected chi connectivity index (χ4v) is 3.56. The predicted octanol–water partition coefficient (Wildman–Crippen LogP) is 5.70. The van der Waals surface area contributed by atoms with E-state index in [1.807, 2.05) is 54.6 Å². The predicted molar refractivity (Wildman–Crippen MR) is 136 cm³/mol. The molecule has 2 heterocycles. The summed E-state index contributed by atoms with van der Waals surface area (Å²) in [6.07, 6.45) is 5.09. The highest BCUT2D eigenvalue weighted by molar-refractivity contribution is 5.92. The third kappa shape index (κ3) is 6.09. The van der Waals surface area contributed by atoms with Crippen LogP contribution in [0.2, 0.25) is 0 Å². The van der Waals surface area contributed by atoms with Crippen LogP contribution in [-0.4, -0.2) is 23.8 Å². The number of hydrogen-bond donors (Lipinski definition) is 1. The molecular formula is C28H27N3O4. The summed E-state index contributed by atoms with van der Waals surface area (Å²) >= 11 is 0. The minimum atomic E-state index is -0.438. The second-order valence-corrected chi connectivity index (χ2v) is 7.85. The number of nitrogens with one attached hydrogen (secondary N) is 1. The van der Waals surface area contributed by atoms with Crippen LogP contribution in [0.15, 0.2) is 88.4 Å². The third-order valence-electron chi connectivity index (χ3n) is 5.36. The summed E-state index contributed by atoms with van der Waals surface area (Å²) in [6.45, 7) is 4.36. The Balaban J connectivity index is 1.26. The SMILES string of the molecule is COc1ccc(C=CC=NNC(=O)c2ccc(COc3ccc(-n4c(C)ccc4C)cc3)o2)cc1. The van der Waals surface area contributed by atoms with Crippen molar-refractivity contribution in [3.8, 4) is 17.2 Å². The number of aromatic nitrogens is 1. The molecule has 7 heteroatoms. The van der Waals surface area contributed by atoms with Crippen molar-refractivity contribution in [3.05, 3.63) is 107 Å². The fourth-order valence-electron chi connectivity index (χ4n) is 3.56. The van der Waals surface area contributed by atoms with Crippen molar-refractivity contribution >= 4 is 18.2 Å². The van der Waals surface area contributed by atoms with Crippen molar-refractivity contribution < 1.29 is 18.7 Å². The van der Waals surface area contributed by atoms with Crippen molar-refractivity contribution in [1.29, 1.82) is 0 Å². The summed E-state index contributed by atoms with van der Waals surface area (Å²) in [5.41, 5.74) is 6.86. The molecule has 2 aromatic carbocycles. The zero-order valence-electron chi connectivity index (χ0n) is 19.9. The summed E-state index contributed by atoms with van der Waals surface area (Å²) in [4.78, 5) is 12.2. The highest BCUT2D eigenvalue weighted by atomic mass is 16.5. The number of furan rings is 1. The molecule has 0 spiro atoms. The molecule has 0 bridgehead atoms. The van der Waals surface area contributed by atoms with Crippen LogP contribution in [0.4, 0.5) is 0 Å². The zero-order valence-corrected chi connectivity index (χ0v) is 19.9. The molecule has 0 aliphatic rings. The number of ether oxygens (including phenoxy) is 2. The van der Waals surface area contributed by atoms with Crippen molar-refractivity contribution in [2.24, 2.45) is 5.10 Å². The number of rotatable bonds is 9. The Morgan fingerprint density at radius 3 is 2.31 bits per heavy atom. The van der Waals surface area contributed by atoms with Gasteiger partial charge in [-0.15, -0.1) is 0 Å². The van der Waals surface area contributed by atoms with Crippen LogP contribution in [0, 0.1) is 13.8 Å². The molecule has 2 aromatic heterocycles. The summed E-state index contributed by atoms with van der Waals surface area (Å²) in [7, 11) is 1.63. The Hall–Kier alpha value is -4.52. The second-order valence-electron chi connectivity index (χ2n) is 7.85. The first-order valence-electron chi connectivity index (χ1n) is 11.1. The summed E-state index contributed by atoms with van der Waals surface area (Å²) in [6, 6.07) is 22.9. The number of hydrazone groups is 1. The molecule has 35 heavy (non-hydrogen) atoms. The second kappa shape index (κ2) is 11.1. The van der Waals surface area contributed by atoms with Gasteiger partial charge in [0.15, 0.2) is 5.76 Å². The number of methoxy groups -OCH3 is 1. The Kier molecular flexibility index (Phi) is 7.47. The maximum absolute atomic E-state index is 12.2. The monoisotopic (exact) mass is 469 g/mol. The van der Waals surface area contributed by atoms with Crippen LogP contribution in [0.3, 0.4) is 0 Å². The van der Waals surface area contributed by atoms with Gasteiger partial charge in [-0.3, -0.25) is 4.79 Å². The Morgan fingerprint density at radius 1 is 0.943 bits per heavy atom. The Labute approximate surface area is 204 Å². The number of allylic oxidation sites excluding steroid dienone is 1. The molecule has 0 saturated carbocycles. The van der Waals surface area contributed by atoms with Gasteiger partial charge in [0, 0.05) is 23.3 Å². The molecule has 0 aliphatic heterocycles. The number of hydrogen-bond acceptors (Lipinski definition) is 5. The van der Waals surface area contributed by atoms with Crippen molar-refractivity contribution in [1.82, 2.24) is 9.99 Å². The van der Waals surface area contributed by atoms with Gasteiger partial charge in [-0.1, -0.05) is 18.2 Å². The van der Waals surface area contributed by atoms with Gasteiger partial charge in [-0.2, -0.15) is 5.10 Å². The maximum atomic E-state index is 12.2. The maximum Gasteiger partial charge on any atom is 0.307 e. The van der Waals surface area contributed by atoms with E-state index in [-0.39, 0.29) is 12.4 Å². The van der Waals surface area contributed by atoms with E-state index < -0.39 is 5.91 Å². The first kappa shape index (κ1) is 23.6.